The van der Waals surface area contributed by atoms with Gasteiger partial charge in [-0.3, -0.25) is 24.3 Å². The van der Waals surface area contributed by atoms with Gasteiger partial charge in [0, 0.05) is 55.7 Å². The summed E-state index contributed by atoms with van der Waals surface area (Å²) in [5.74, 6) is 1.69. The van der Waals surface area contributed by atoms with Crippen LogP contribution in [0.15, 0.2) is 71.7 Å². The van der Waals surface area contributed by atoms with E-state index in [9.17, 15) is 14.4 Å². The molecule has 2 amide bonds. The Morgan fingerprint density at radius 1 is 0.794 bits per heavy atom. The minimum absolute atomic E-state index is 0.0322. The van der Waals surface area contributed by atoms with Crippen molar-refractivity contribution in [3.8, 4) is 23.0 Å². The van der Waals surface area contributed by atoms with Gasteiger partial charge in [-0.2, -0.15) is 0 Å². The van der Waals surface area contributed by atoms with Crippen LogP contribution in [-0.2, 0) is 28.9 Å². The number of hydrogen-bond acceptors (Lipinski definition) is 11. The average molecular weight is 858 g/mol. The Labute approximate surface area is 370 Å². The summed E-state index contributed by atoms with van der Waals surface area (Å²) in [4.78, 5) is 50.5. The Hall–Kier alpha value is -6.08. The Bertz CT molecular complexity index is 2450. The number of carbonyl (C=O) groups is 3. The normalized spacial score (nSPS) is 17.4. The molecule has 8 rings (SSSR count). The number of fused-ring (bicyclic) bond motifs is 8. The largest absolute Gasteiger partial charge is 0.493 e. The molecule has 0 aromatic heterocycles. The zero-order chi connectivity index (χ0) is 44.6. The highest BCUT2D eigenvalue weighted by molar-refractivity contribution is 6.15. The molecule has 0 bridgehead atoms. The van der Waals surface area contributed by atoms with Gasteiger partial charge in [0.25, 0.3) is 11.8 Å². The first-order valence-electron chi connectivity index (χ1n) is 21.8. The van der Waals surface area contributed by atoms with Gasteiger partial charge < -0.3 is 38.8 Å². The number of para-hydroxylation sites is 1. The van der Waals surface area contributed by atoms with Gasteiger partial charge in [0.2, 0.25) is 0 Å². The lowest BCUT2D eigenvalue weighted by Gasteiger charge is -2.35. The lowest BCUT2D eigenvalue weighted by molar-refractivity contribution is -0.140. The van der Waals surface area contributed by atoms with Crippen LogP contribution in [-0.4, -0.2) is 95.7 Å². The average Bonchev–Trinajstić information content (AvgIpc) is 3.74. The second-order valence-electron chi connectivity index (χ2n) is 18.8. The molecule has 332 valence electrons. The van der Waals surface area contributed by atoms with Crippen molar-refractivity contribution in [2.24, 2.45) is 15.8 Å². The van der Waals surface area contributed by atoms with E-state index in [1.807, 2.05) is 53.4 Å². The van der Waals surface area contributed by atoms with Crippen molar-refractivity contribution in [2.75, 3.05) is 69.8 Å². The molecule has 4 aliphatic rings. The van der Waals surface area contributed by atoms with Gasteiger partial charge in [-0.05, 0) is 84.6 Å². The number of ether oxygens (including phenoxy) is 5. The van der Waals surface area contributed by atoms with Crippen LogP contribution in [0.5, 0.6) is 23.0 Å². The lowest BCUT2D eigenvalue weighted by atomic mass is 9.76. The molecule has 13 heteroatoms. The van der Waals surface area contributed by atoms with E-state index in [4.69, 9.17) is 28.7 Å². The van der Waals surface area contributed by atoms with Crippen LogP contribution in [0.25, 0.3) is 0 Å². The van der Waals surface area contributed by atoms with Crippen molar-refractivity contribution in [2.45, 2.75) is 78.4 Å². The van der Waals surface area contributed by atoms with Crippen LogP contribution in [0.1, 0.15) is 84.4 Å². The van der Waals surface area contributed by atoms with Crippen molar-refractivity contribution in [1.29, 1.82) is 0 Å². The summed E-state index contributed by atoms with van der Waals surface area (Å²) in [6.45, 7) is 11.6. The third-order valence-electron chi connectivity index (χ3n) is 12.4. The van der Waals surface area contributed by atoms with Crippen LogP contribution in [0.2, 0.25) is 0 Å². The zero-order valence-electron chi connectivity index (χ0n) is 37.7. The van der Waals surface area contributed by atoms with E-state index in [2.05, 4.69) is 56.1 Å². The van der Waals surface area contributed by atoms with Crippen molar-refractivity contribution in [3.05, 3.63) is 94.5 Å². The Balaban J connectivity index is 0.902. The molecule has 4 aliphatic heterocycles. The van der Waals surface area contributed by atoms with Crippen LogP contribution < -0.4 is 34.1 Å². The molecule has 4 aromatic carbocycles. The molecule has 2 atom stereocenters. The molecule has 0 spiro atoms. The number of anilines is 3. The fourth-order valence-corrected chi connectivity index (χ4v) is 9.75. The maximum atomic E-state index is 14.2. The number of hydrogen-bond donors (Lipinski definition) is 1. The molecule has 0 aliphatic carbocycles. The van der Waals surface area contributed by atoms with E-state index in [-0.39, 0.29) is 40.7 Å². The second kappa shape index (κ2) is 17.6. The maximum Gasteiger partial charge on any atom is 0.305 e. The number of aliphatic imine (C=N–C) groups is 1. The van der Waals surface area contributed by atoms with Crippen molar-refractivity contribution >= 4 is 46.7 Å². The lowest BCUT2D eigenvalue weighted by Crippen LogP contribution is -2.39. The quantitative estimate of drug-likeness (QED) is 0.110. The molecular formula is C50H59N5O8. The number of rotatable bonds is 16. The second-order valence-corrected chi connectivity index (χ2v) is 18.8. The first-order chi connectivity index (χ1) is 30.2. The fourth-order valence-electron chi connectivity index (χ4n) is 9.75. The number of benzene rings is 4. The first kappa shape index (κ1) is 43.6. The van der Waals surface area contributed by atoms with Crippen molar-refractivity contribution in [3.63, 3.8) is 0 Å². The monoisotopic (exact) mass is 857 g/mol. The van der Waals surface area contributed by atoms with E-state index < -0.39 is 0 Å². The maximum absolute atomic E-state index is 14.2. The summed E-state index contributed by atoms with van der Waals surface area (Å²) >= 11 is 0. The van der Waals surface area contributed by atoms with E-state index >= 15 is 0 Å². The number of carbonyl (C=O) groups excluding carboxylic acids is 3. The van der Waals surface area contributed by atoms with Crippen LogP contribution >= 0.6 is 0 Å². The summed E-state index contributed by atoms with van der Waals surface area (Å²) in [5, 5.41) is 3.52. The number of nitrogens with zero attached hydrogens (tertiary/aromatic N) is 4. The van der Waals surface area contributed by atoms with Gasteiger partial charge in [0.05, 0.1) is 69.1 Å². The summed E-state index contributed by atoms with van der Waals surface area (Å²) in [5.41, 5.74) is 7.00. The molecular weight excluding hydrogens is 799 g/mol. The third kappa shape index (κ3) is 9.07. The number of nitrogens with one attached hydrogen (secondary N) is 1. The standard InChI is InChI=1S/C50H59N5O8/c1-49(2,29-62-44-23-38-36(21-42(44)59-6)47(57)54-34(25-51-38)19-32-12-9-10-13-40(32)54)28-50(3,4)30-63-45-24-39-37(22-43(45)60-7)48(58)55-35(26-52-39)20-33-18-31(15-16-41(33)55)27-53(5)17-11-14-46(56)61-8/h9-10,12-13,15-16,18,21-24,26,34-35,51H,11,14,17,19-20,25,27-30H2,1-8H3/t34-,35-/m0/s1. The smallest absolute Gasteiger partial charge is 0.305 e. The first-order valence-corrected chi connectivity index (χ1v) is 21.8. The van der Waals surface area contributed by atoms with Crippen LogP contribution in [0.4, 0.5) is 22.7 Å². The molecule has 0 fully saturated rings. The molecule has 1 N–H and O–H groups in total. The summed E-state index contributed by atoms with van der Waals surface area (Å²) in [6, 6.07) is 21.4. The molecule has 0 unspecified atom stereocenters. The predicted molar refractivity (Wildman–Crippen MR) is 245 cm³/mol. The number of esters is 1. The minimum Gasteiger partial charge on any atom is -0.493 e. The van der Waals surface area contributed by atoms with Gasteiger partial charge >= 0.3 is 5.97 Å². The van der Waals surface area contributed by atoms with Gasteiger partial charge in [0.1, 0.15) is 0 Å². The number of methoxy groups -OCH3 is 3. The van der Waals surface area contributed by atoms with Crippen LogP contribution in [0.3, 0.4) is 0 Å². The highest BCUT2D eigenvalue weighted by Gasteiger charge is 2.39. The van der Waals surface area contributed by atoms with Gasteiger partial charge in [-0.15, -0.1) is 0 Å². The van der Waals surface area contributed by atoms with Crippen molar-refractivity contribution < 1.29 is 38.1 Å². The molecule has 0 saturated heterocycles. The van der Waals surface area contributed by atoms with Crippen LogP contribution in [0, 0.1) is 10.8 Å². The highest BCUT2D eigenvalue weighted by atomic mass is 16.5. The molecule has 0 radical (unpaired) electrons. The van der Waals surface area contributed by atoms with Crippen molar-refractivity contribution in [1.82, 2.24) is 4.90 Å². The molecule has 4 heterocycles. The SMILES string of the molecule is COC(=O)CCCN(C)Cc1ccc2c(c1)C[C@H]1C=Nc3cc(OCC(C)(C)CC(C)(C)COc4cc5c(cc4OC)C(=O)N4c6ccccc6C[C@H]4CN5)c(OC)cc3C(=O)N21. The topological polar surface area (TPSA) is 131 Å². The van der Waals surface area contributed by atoms with E-state index in [1.165, 1.54) is 12.7 Å². The van der Waals surface area contributed by atoms with Gasteiger partial charge in [-0.1, -0.05) is 58.0 Å². The molecule has 63 heavy (non-hydrogen) atoms. The highest BCUT2D eigenvalue weighted by Crippen LogP contribution is 2.44. The Morgan fingerprint density at radius 3 is 2.17 bits per heavy atom. The summed E-state index contributed by atoms with van der Waals surface area (Å²) < 4.78 is 29.3. The van der Waals surface area contributed by atoms with E-state index in [0.717, 1.165) is 60.5 Å². The Morgan fingerprint density at radius 2 is 1.46 bits per heavy atom. The molecule has 0 saturated carbocycles. The van der Waals surface area contributed by atoms with Gasteiger partial charge in [0.15, 0.2) is 23.0 Å². The third-order valence-corrected chi connectivity index (χ3v) is 12.4. The zero-order valence-corrected chi connectivity index (χ0v) is 37.7. The molecule has 13 nitrogen and oxygen atoms in total. The fraction of sp³-hybridized carbons (Fsp3) is 0.440. The Kier molecular flexibility index (Phi) is 12.2. The summed E-state index contributed by atoms with van der Waals surface area (Å²) in [7, 11) is 6.62. The number of amides is 2. The summed E-state index contributed by atoms with van der Waals surface area (Å²) in [6.07, 6.45) is 5.21. The van der Waals surface area contributed by atoms with E-state index in [0.29, 0.717) is 72.4 Å². The predicted octanol–water partition coefficient (Wildman–Crippen LogP) is 8.27. The van der Waals surface area contributed by atoms with Gasteiger partial charge in [-0.25, -0.2) is 0 Å². The van der Waals surface area contributed by atoms with E-state index in [1.54, 1.807) is 32.4 Å². The molecule has 4 aromatic rings. The minimum atomic E-state index is -0.290.